The number of hydrogen-bond acceptors (Lipinski definition) is 2. The first-order valence-electron chi connectivity index (χ1n) is 3.31. The molecule has 66 valence electrons. The third-order valence-electron chi connectivity index (χ3n) is 1.10. The van der Waals surface area contributed by atoms with Gasteiger partial charge in [0.15, 0.2) is 6.61 Å². The predicted molar refractivity (Wildman–Crippen MR) is 58.9 cm³/mol. The maximum Gasteiger partial charge on any atom is 0.333 e. The second-order valence-corrected chi connectivity index (χ2v) is 2.98. The van der Waals surface area contributed by atoms with Gasteiger partial charge in [0.1, 0.15) is 4.43 Å². The van der Waals surface area contributed by atoms with Crippen molar-refractivity contribution >= 4 is 41.0 Å². The molecule has 0 aliphatic carbocycles. The van der Waals surface area contributed by atoms with Crippen molar-refractivity contribution < 1.29 is 9.53 Å². The average molecular weight is 280 g/mol. The van der Waals surface area contributed by atoms with Crippen LogP contribution in [0.2, 0.25) is 0 Å². The lowest BCUT2D eigenvalue weighted by molar-refractivity contribution is -0.137. The van der Waals surface area contributed by atoms with Crippen LogP contribution in [0.1, 0.15) is 6.92 Å². The Balaban J connectivity index is 3.91. The van der Waals surface area contributed by atoms with Gasteiger partial charge in [-0.15, -0.1) is 4.67 Å². The van der Waals surface area contributed by atoms with Gasteiger partial charge in [0.05, 0.1) is 0 Å². The molecule has 0 radical (unpaired) electrons. The lowest BCUT2D eigenvalue weighted by Crippen LogP contribution is -2.16. The van der Waals surface area contributed by atoms with E-state index < -0.39 is 0 Å². The van der Waals surface area contributed by atoms with E-state index in [2.05, 4.69) is 40.6 Å². The highest BCUT2D eigenvalue weighted by Crippen LogP contribution is 1.92. The predicted octanol–water partition coefficient (Wildman–Crippen LogP) is 0.750. The molecule has 0 rings (SSSR count). The number of alkyl halides is 1. The molecule has 0 fully saturated rings. The summed E-state index contributed by atoms with van der Waals surface area (Å²) < 4.78 is 9.24. The summed E-state index contributed by atoms with van der Waals surface area (Å²) in [6, 6.07) is 0. The summed E-state index contributed by atoms with van der Waals surface area (Å²) in [5, 5.41) is 0. The van der Waals surface area contributed by atoms with Gasteiger partial charge in [0.25, 0.3) is 6.72 Å². The average Bonchev–Trinajstić information content (AvgIpc) is 2.05. The van der Waals surface area contributed by atoms with Gasteiger partial charge < -0.3 is 4.74 Å². The van der Waals surface area contributed by atoms with E-state index in [9.17, 15) is 4.79 Å². The lowest BCUT2D eigenvalue weighted by atomic mass is 10.3. The van der Waals surface area contributed by atoms with Crippen LogP contribution in [-0.4, -0.2) is 29.4 Å². The summed E-state index contributed by atoms with van der Waals surface area (Å²) in [5.74, 6) is -0.388. The van der Waals surface area contributed by atoms with Crippen LogP contribution in [0.5, 0.6) is 0 Å². The maximum absolute atomic E-state index is 10.9. The molecule has 0 saturated carbocycles. The van der Waals surface area contributed by atoms with E-state index in [1.54, 1.807) is 6.92 Å². The van der Waals surface area contributed by atoms with Crippen molar-refractivity contribution in [3.63, 3.8) is 0 Å². The van der Waals surface area contributed by atoms with Crippen molar-refractivity contribution in [1.82, 2.24) is 4.67 Å². The van der Waals surface area contributed by atoms with Gasteiger partial charge in [-0.05, 0) is 6.92 Å². The van der Waals surface area contributed by atoms with E-state index in [0.717, 1.165) is 5.71 Å². The van der Waals surface area contributed by atoms with Crippen LogP contribution in [0.15, 0.2) is 12.2 Å². The van der Waals surface area contributed by atoms with E-state index in [0.29, 0.717) is 10.0 Å². The van der Waals surface area contributed by atoms with E-state index in [4.69, 9.17) is 4.74 Å². The normalized spacial score (nSPS) is 8.50. The molecule has 0 heterocycles. The summed E-state index contributed by atoms with van der Waals surface area (Å²) in [4.78, 5) is 10.9. The molecule has 0 amide bonds. The molecule has 12 heavy (non-hydrogen) atoms. The molecule has 0 saturated heterocycles. The highest BCUT2D eigenvalue weighted by molar-refractivity contribution is 14.1. The molecule has 0 bridgehead atoms. The summed E-state index contributed by atoms with van der Waals surface area (Å²) >= 11 is 2.13. The van der Waals surface area contributed by atoms with Crippen LogP contribution in [-0.2, 0) is 9.53 Å². The fourth-order valence-corrected chi connectivity index (χ4v) is 0.860. The SMILES string of the molecule is C=[N+]=C(CI)COC(=O)C(=C)C. The molecule has 0 unspecified atom stereocenters. The van der Waals surface area contributed by atoms with Crippen molar-refractivity contribution in [2.24, 2.45) is 0 Å². The molecule has 0 atom stereocenters. The lowest BCUT2D eigenvalue weighted by Gasteiger charge is -1.98. The Kier molecular flexibility index (Phi) is 5.66. The monoisotopic (exact) mass is 280 g/mol. The zero-order chi connectivity index (χ0) is 9.56. The van der Waals surface area contributed by atoms with E-state index >= 15 is 0 Å². The molecule has 0 aliphatic heterocycles. The molecule has 0 aromatic heterocycles. The van der Waals surface area contributed by atoms with Crippen molar-refractivity contribution in [2.45, 2.75) is 6.92 Å². The number of esters is 1. The first kappa shape index (κ1) is 11.4. The van der Waals surface area contributed by atoms with Crippen LogP contribution in [0.3, 0.4) is 0 Å². The highest BCUT2D eigenvalue weighted by atomic mass is 127. The fourth-order valence-electron chi connectivity index (χ4n) is 0.399. The Morgan fingerprint density at radius 3 is 2.58 bits per heavy atom. The van der Waals surface area contributed by atoms with Gasteiger partial charge in [0.2, 0.25) is 0 Å². The standard InChI is InChI=1S/C8H11INO2/c1-6(2)8(11)12-5-7(4-9)10-3/h1,3-5H2,2H3/q+1. The van der Waals surface area contributed by atoms with Crippen molar-refractivity contribution in [2.75, 3.05) is 11.0 Å². The summed E-state index contributed by atoms with van der Waals surface area (Å²) in [7, 11) is 0. The Hall–Kier alpha value is -0.610. The largest absolute Gasteiger partial charge is 0.450 e. The quantitative estimate of drug-likeness (QED) is 0.190. The van der Waals surface area contributed by atoms with Crippen molar-refractivity contribution in [1.29, 1.82) is 0 Å². The maximum atomic E-state index is 10.9. The van der Waals surface area contributed by atoms with Crippen LogP contribution < -0.4 is 4.67 Å². The fraction of sp³-hybridized carbons (Fsp3) is 0.375. The second-order valence-electron chi connectivity index (χ2n) is 2.21. The summed E-state index contributed by atoms with van der Waals surface area (Å²) in [6.07, 6.45) is 0. The number of halogens is 1. The molecular formula is C8H11INO2+. The molecule has 0 aromatic carbocycles. The van der Waals surface area contributed by atoms with Gasteiger partial charge in [-0.3, -0.25) is 0 Å². The second kappa shape index (κ2) is 5.97. The van der Waals surface area contributed by atoms with Gasteiger partial charge in [-0.1, -0.05) is 29.2 Å². The zero-order valence-electron chi connectivity index (χ0n) is 6.97. The molecule has 0 aliphatic rings. The van der Waals surface area contributed by atoms with E-state index in [1.807, 2.05) is 0 Å². The summed E-state index contributed by atoms with van der Waals surface area (Å²) in [5.41, 5.74) is 1.15. The first-order valence-corrected chi connectivity index (χ1v) is 4.84. The highest BCUT2D eigenvalue weighted by Gasteiger charge is 2.10. The third-order valence-corrected chi connectivity index (χ3v) is 1.98. The van der Waals surface area contributed by atoms with Crippen LogP contribution in [0, 0.1) is 0 Å². The molecule has 0 aromatic rings. The molecule has 3 nitrogen and oxygen atoms in total. The van der Waals surface area contributed by atoms with Crippen molar-refractivity contribution in [3.8, 4) is 0 Å². The first-order chi connectivity index (χ1) is 5.61. The number of rotatable bonds is 4. The Morgan fingerprint density at radius 1 is 1.67 bits per heavy atom. The van der Waals surface area contributed by atoms with Gasteiger partial charge >= 0.3 is 11.7 Å². The molecule has 0 N–H and O–H groups in total. The Labute approximate surface area is 85.4 Å². The Morgan fingerprint density at radius 2 is 2.25 bits per heavy atom. The van der Waals surface area contributed by atoms with Crippen LogP contribution >= 0.6 is 22.6 Å². The van der Waals surface area contributed by atoms with E-state index in [1.165, 1.54) is 0 Å². The number of carbonyl (C=O) groups is 1. The van der Waals surface area contributed by atoms with Crippen molar-refractivity contribution in [3.05, 3.63) is 12.2 Å². The minimum atomic E-state index is -0.388. The van der Waals surface area contributed by atoms with E-state index in [-0.39, 0.29) is 12.6 Å². The number of ether oxygens (including phenoxy) is 1. The smallest absolute Gasteiger partial charge is 0.333 e. The minimum Gasteiger partial charge on any atom is -0.450 e. The number of carbonyl (C=O) groups excluding carboxylic acids is 1. The number of hydrogen-bond donors (Lipinski definition) is 0. The molecule has 0 spiro atoms. The minimum absolute atomic E-state index is 0.206. The topological polar surface area (TPSA) is 40.4 Å². The van der Waals surface area contributed by atoms with Crippen LogP contribution in [0.25, 0.3) is 0 Å². The molecular weight excluding hydrogens is 269 g/mol. The van der Waals surface area contributed by atoms with Gasteiger partial charge in [-0.25, -0.2) is 4.79 Å². The zero-order valence-corrected chi connectivity index (χ0v) is 9.13. The van der Waals surface area contributed by atoms with Gasteiger partial charge in [-0.2, -0.15) is 0 Å². The van der Waals surface area contributed by atoms with Gasteiger partial charge in [0, 0.05) is 5.57 Å². The third kappa shape index (κ3) is 4.31. The van der Waals surface area contributed by atoms with Crippen LogP contribution in [0.4, 0.5) is 0 Å². The Bertz CT molecular complexity index is 241. The summed E-state index contributed by atoms with van der Waals surface area (Å²) in [6.45, 7) is 8.61. The number of nitrogens with zero attached hydrogens (tertiary/aromatic N) is 1. The molecule has 4 heteroatoms.